The van der Waals surface area contributed by atoms with Crippen molar-refractivity contribution < 1.29 is 4.79 Å². The zero-order valence-corrected chi connectivity index (χ0v) is 7.96. The Balaban J connectivity index is 2.08. The molecular weight excluding hydrogens is 160 g/mol. The van der Waals surface area contributed by atoms with E-state index in [4.69, 9.17) is 0 Å². The minimum atomic E-state index is 0.123. The maximum atomic E-state index is 12.2. The first-order valence-corrected chi connectivity index (χ1v) is 5.54. The number of allylic oxidation sites excluding steroid dienone is 2. The van der Waals surface area contributed by atoms with E-state index in [-0.39, 0.29) is 5.41 Å². The van der Waals surface area contributed by atoms with Crippen LogP contribution in [-0.4, -0.2) is 5.78 Å². The van der Waals surface area contributed by atoms with E-state index in [0.29, 0.717) is 17.6 Å². The predicted octanol–water partition coefficient (Wildman–Crippen LogP) is 2.71. The summed E-state index contributed by atoms with van der Waals surface area (Å²) in [6.45, 7) is 0. The summed E-state index contributed by atoms with van der Waals surface area (Å²) in [5, 5.41) is 0. The lowest BCUT2D eigenvalue weighted by Gasteiger charge is -2.26. The SMILES string of the molecule is O=C1[C@H]2CC=C[C@@H]3CCC[C@@]13CC2. The van der Waals surface area contributed by atoms with Crippen LogP contribution in [0.25, 0.3) is 0 Å². The lowest BCUT2D eigenvalue weighted by molar-refractivity contribution is -0.129. The van der Waals surface area contributed by atoms with E-state index in [0.717, 1.165) is 6.42 Å². The van der Waals surface area contributed by atoms with E-state index in [9.17, 15) is 4.79 Å². The van der Waals surface area contributed by atoms with Gasteiger partial charge in [0.1, 0.15) is 5.78 Å². The molecule has 0 radical (unpaired) electrons. The molecular formula is C12H16O. The van der Waals surface area contributed by atoms with Gasteiger partial charge >= 0.3 is 0 Å². The van der Waals surface area contributed by atoms with Crippen LogP contribution >= 0.6 is 0 Å². The van der Waals surface area contributed by atoms with Gasteiger partial charge in [0, 0.05) is 11.3 Å². The number of fused-ring (bicyclic) bond motifs is 1. The first-order valence-electron chi connectivity index (χ1n) is 5.54. The summed E-state index contributed by atoms with van der Waals surface area (Å²) in [5.41, 5.74) is 0.123. The molecule has 3 rings (SSSR count). The Kier molecular flexibility index (Phi) is 1.47. The second-order valence-electron chi connectivity index (χ2n) is 4.92. The molecule has 1 nitrogen and oxygen atoms in total. The summed E-state index contributed by atoms with van der Waals surface area (Å²) in [7, 11) is 0. The van der Waals surface area contributed by atoms with E-state index >= 15 is 0 Å². The molecule has 0 unspecified atom stereocenters. The van der Waals surface area contributed by atoms with E-state index in [2.05, 4.69) is 12.2 Å². The highest BCUT2D eigenvalue weighted by atomic mass is 16.1. The Labute approximate surface area is 79.2 Å². The van der Waals surface area contributed by atoms with E-state index in [1.807, 2.05) is 0 Å². The monoisotopic (exact) mass is 176 g/mol. The van der Waals surface area contributed by atoms with Gasteiger partial charge in [-0.05, 0) is 38.0 Å². The van der Waals surface area contributed by atoms with Gasteiger partial charge in [-0.1, -0.05) is 18.6 Å². The fourth-order valence-electron chi connectivity index (χ4n) is 3.72. The van der Waals surface area contributed by atoms with Crippen molar-refractivity contribution in [3.05, 3.63) is 12.2 Å². The molecule has 2 bridgehead atoms. The smallest absolute Gasteiger partial charge is 0.142 e. The molecule has 0 amide bonds. The minimum Gasteiger partial charge on any atom is -0.299 e. The summed E-state index contributed by atoms with van der Waals surface area (Å²) in [4.78, 5) is 12.2. The first-order chi connectivity index (χ1) is 6.33. The van der Waals surface area contributed by atoms with E-state index in [1.54, 1.807) is 0 Å². The number of carbonyl (C=O) groups excluding carboxylic acids is 1. The standard InChI is InChI=1S/C12H16O/c13-11-9-3-1-4-10-5-2-7-12(10,11)8-6-9/h1,4,9-10H,2-3,5-8H2/t9-,10+,12-/m0/s1. The summed E-state index contributed by atoms with van der Waals surface area (Å²) in [6, 6.07) is 0. The highest BCUT2D eigenvalue weighted by Gasteiger charge is 2.54. The topological polar surface area (TPSA) is 17.1 Å². The molecule has 3 aliphatic carbocycles. The predicted molar refractivity (Wildman–Crippen MR) is 51.3 cm³/mol. The molecule has 1 spiro atoms. The molecule has 0 aromatic rings. The lowest BCUT2D eigenvalue weighted by atomic mass is 9.75. The van der Waals surface area contributed by atoms with Crippen LogP contribution in [0, 0.1) is 17.3 Å². The minimum absolute atomic E-state index is 0.123. The number of ketones is 1. The highest BCUT2D eigenvalue weighted by Crippen LogP contribution is 2.56. The fourth-order valence-corrected chi connectivity index (χ4v) is 3.72. The zero-order valence-electron chi connectivity index (χ0n) is 7.96. The number of rotatable bonds is 0. The Morgan fingerprint density at radius 3 is 3.15 bits per heavy atom. The molecule has 3 atom stereocenters. The molecule has 3 aliphatic rings. The normalized spacial score (nSPS) is 47.8. The van der Waals surface area contributed by atoms with Gasteiger partial charge in [0.15, 0.2) is 0 Å². The van der Waals surface area contributed by atoms with Crippen molar-refractivity contribution in [2.75, 3.05) is 0 Å². The highest BCUT2D eigenvalue weighted by molar-refractivity contribution is 5.90. The van der Waals surface area contributed by atoms with Crippen LogP contribution in [0.3, 0.4) is 0 Å². The maximum absolute atomic E-state index is 12.2. The third-order valence-corrected chi connectivity index (χ3v) is 4.44. The molecule has 0 aliphatic heterocycles. The van der Waals surface area contributed by atoms with Crippen LogP contribution < -0.4 is 0 Å². The summed E-state index contributed by atoms with van der Waals surface area (Å²) in [6.07, 6.45) is 11.7. The van der Waals surface area contributed by atoms with Gasteiger partial charge in [0.25, 0.3) is 0 Å². The van der Waals surface area contributed by atoms with Gasteiger partial charge in [0.05, 0.1) is 0 Å². The van der Waals surface area contributed by atoms with E-state index < -0.39 is 0 Å². The summed E-state index contributed by atoms with van der Waals surface area (Å²) in [5.74, 6) is 1.60. The van der Waals surface area contributed by atoms with Gasteiger partial charge in [-0.15, -0.1) is 0 Å². The van der Waals surface area contributed by atoms with Gasteiger partial charge in [-0.2, -0.15) is 0 Å². The molecule has 13 heavy (non-hydrogen) atoms. The van der Waals surface area contributed by atoms with Crippen LogP contribution in [-0.2, 0) is 4.79 Å². The molecule has 0 heterocycles. The van der Waals surface area contributed by atoms with Gasteiger partial charge in [-0.25, -0.2) is 0 Å². The fraction of sp³-hybridized carbons (Fsp3) is 0.750. The number of carbonyl (C=O) groups is 1. The van der Waals surface area contributed by atoms with Crippen molar-refractivity contribution in [3.8, 4) is 0 Å². The number of hydrogen-bond acceptors (Lipinski definition) is 1. The van der Waals surface area contributed by atoms with Crippen LogP contribution in [0.2, 0.25) is 0 Å². The van der Waals surface area contributed by atoms with Crippen molar-refractivity contribution in [1.29, 1.82) is 0 Å². The van der Waals surface area contributed by atoms with Gasteiger partial charge in [0.2, 0.25) is 0 Å². The van der Waals surface area contributed by atoms with Crippen molar-refractivity contribution in [1.82, 2.24) is 0 Å². The van der Waals surface area contributed by atoms with Crippen LogP contribution in [0.15, 0.2) is 12.2 Å². The molecule has 2 saturated carbocycles. The Morgan fingerprint density at radius 1 is 1.31 bits per heavy atom. The van der Waals surface area contributed by atoms with Crippen LogP contribution in [0.1, 0.15) is 38.5 Å². The molecule has 1 heteroatoms. The lowest BCUT2D eigenvalue weighted by Crippen LogP contribution is -2.30. The molecule has 70 valence electrons. The van der Waals surface area contributed by atoms with Gasteiger partial charge < -0.3 is 0 Å². The Hall–Kier alpha value is -0.590. The van der Waals surface area contributed by atoms with Crippen molar-refractivity contribution in [3.63, 3.8) is 0 Å². The molecule has 2 fully saturated rings. The van der Waals surface area contributed by atoms with Crippen molar-refractivity contribution in [2.24, 2.45) is 17.3 Å². The molecule has 0 aromatic carbocycles. The van der Waals surface area contributed by atoms with E-state index in [1.165, 1.54) is 32.1 Å². The Morgan fingerprint density at radius 2 is 2.23 bits per heavy atom. The Bertz CT molecular complexity index is 279. The number of hydrogen-bond donors (Lipinski definition) is 0. The second-order valence-corrected chi connectivity index (χ2v) is 4.92. The molecule has 0 saturated heterocycles. The first kappa shape index (κ1) is 7.78. The largest absolute Gasteiger partial charge is 0.299 e. The second kappa shape index (κ2) is 2.46. The third-order valence-electron chi connectivity index (χ3n) is 4.44. The third kappa shape index (κ3) is 0.853. The average Bonchev–Trinajstić information content (AvgIpc) is 2.59. The van der Waals surface area contributed by atoms with Crippen LogP contribution in [0.4, 0.5) is 0 Å². The van der Waals surface area contributed by atoms with Crippen molar-refractivity contribution in [2.45, 2.75) is 38.5 Å². The number of Topliss-reactive ketones (excluding diaryl/α,β-unsaturated/α-hetero) is 1. The summed E-state index contributed by atoms with van der Waals surface area (Å²) >= 11 is 0. The molecule has 0 N–H and O–H groups in total. The summed E-state index contributed by atoms with van der Waals surface area (Å²) < 4.78 is 0. The average molecular weight is 176 g/mol. The molecule has 0 aromatic heterocycles. The quantitative estimate of drug-likeness (QED) is 0.519. The van der Waals surface area contributed by atoms with Gasteiger partial charge in [-0.3, -0.25) is 4.79 Å². The maximum Gasteiger partial charge on any atom is 0.142 e. The van der Waals surface area contributed by atoms with Crippen molar-refractivity contribution >= 4 is 5.78 Å². The zero-order chi connectivity index (χ0) is 8.89. The van der Waals surface area contributed by atoms with Crippen LogP contribution in [0.5, 0.6) is 0 Å².